The molecular weight excluding hydrogens is 380 g/mol. The van der Waals surface area contributed by atoms with Crippen LogP contribution in [0.25, 0.3) is 0 Å². The third kappa shape index (κ3) is 7.66. The van der Waals surface area contributed by atoms with E-state index < -0.39 is 0 Å². The molecule has 1 heterocycles. The van der Waals surface area contributed by atoms with Crippen molar-refractivity contribution in [2.24, 2.45) is 0 Å². The number of amides is 3. The summed E-state index contributed by atoms with van der Waals surface area (Å²) in [7, 11) is 0. The Balaban J connectivity index is 1.82. The average Bonchev–Trinajstić information content (AvgIpc) is 2.74. The second-order valence-corrected chi connectivity index (χ2v) is 7.05. The van der Waals surface area contributed by atoms with Crippen LogP contribution in [0.4, 0.5) is 11.4 Å². The quantitative estimate of drug-likeness (QED) is 0.584. The molecule has 1 aromatic carbocycles. The number of carbonyl (C=O) groups excluding carboxylic acids is 3. The third-order valence-electron chi connectivity index (χ3n) is 4.48. The van der Waals surface area contributed by atoms with E-state index in [-0.39, 0.29) is 24.1 Å². The van der Waals surface area contributed by atoms with Crippen LogP contribution in [0, 0.1) is 0 Å². The number of aromatic nitrogens is 1. The fourth-order valence-electron chi connectivity index (χ4n) is 3.06. The predicted molar refractivity (Wildman–Crippen MR) is 118 cm³/mol. The Morgan fingerprint density at radius 1 is 0.900 bits per heavy atom. The standard InChI is InChI=1S/C23H30N4O3/c1-3-15-27(16-4-2)22(29)10-6-9-21(28)25-19-7-5-8-20(17-19)26-23(30)18-11-13-24-14-12-18/h5,7-8,11-14,17H,3-4,6,9-10,15-16H2,1-2H3,(H,25,28)(H,26,30). The first kappa shape index (κ1) is 23.1. The second-order valence-electron chi connectivity index (χ2n) is 7.05. The van der Waals surface area contributed by atoms with E-state index in [0.29, 0.717) is 29.8 Å². The van der Waals surface area contributed by atoms with Crippen LogP contribution in [0.15, 0.2) is 48.8 Å². The Kier molecular flexibility index (Phi) is 9.51. The topological polar surface area (TPSA) is 91.4 Å². The highest BCUT2D eigenvalue weighted by atomic mass is 16.2. The molecule has 0 bridgehead atoms. The summed E-state index contributed by atoms with van der Waals surface area (Å²) in [4.78, 5) is 42.5. The molecule has 0 aliphatic carbocycles. The lowest BCUT2D eigenvalue weighted by molar-refractivity contribution is -0.131. The summed E-state index contributed by atoms with van der Waals surface area (Å²) in [5, 5.41) is 5.62. The van der Waals surface area contributed by atoms with Crippen LogP contribution in [0.1, 0.15) is 56.3 Å². The first-order valence-electron chi connectivity index (χ1n) is 10.4. The molecule has 0 atom stereocenters. The van der Waals surface area contributed by atoms with Crippen molar-refractivity contribution in [3.05, 3.63) is 54.4 Å². The Labute approximate surface area is 177 Å². The Bertz CT molecular complexity index is 833. The molecule has 0 aliphatic heterocycles. The molecule has 0 spiro atoms. The number of hydrogen-bond acceptors (Lipinski definition) is 4. The van der Waals surface area contributed by atoms with Crippen molar-refractivity contribution in [3.63, 3.8) is 0 Å². The van der Waals surface area contributed by atoms with Gasteiger partial charge < -0.3 is 15.5 Å². The van der Waals surface area contributed by atoms with Gasteiger partial charge in [0, 0.05) is 55.3 Å². The van der Waals surface area contributed by atoms with E-state index in [1.165, 1.54) is 0 Å². The van der Waals surface area contributed by atoms with Crippen molar-refractivity contribution in [3.8, 4) is 0 Å². The number of hydrogen-bond donors (Lipinski definition) is 2. The van der Waals surface area contributed by atoms with Gasteiger partial charge in [0.2, 0.25) is 11.8 Å². The molecule has 0 unspecified atom stereocenters. The molecule has 2 N–H and O–H groups in total. The largest absolute Gasteiger partial charge is 0.343 e. The molecule has 2 aromatic rings. The van der Waals surface area contributed by atoms with Gasteiger partial charge in [-0.2, -0.15) is 0 Å². The number of nitrogens with one attached hydrogen (secondary N) is 2. The minimum atomic E-state index is -0.247. The van der Waals surface area contributed by atoms with Gasteiger partial charge in [-0.05, 0) is 49.6 Å². The number of rotatable bonds is 11. The van der Waals surface area contributed by atoms with Crippen molar-refractivity contribution in [1.29, 1.82) is 0 Å². The SMILES string of the molecule is CCCN(CCC)C(=O)CCCC(=O)Nc1cccc(NC(=O)c2ccncc2)c1. The van der Waals surface area contributed by atoms with Gasteiger partial charge in [0.1, 0.15) is 0 Å². The number of benzene rings is 1. The zero-order valence-electron chi connectivity index (χ0n) is 17.7. The summed E-state index contributed by atoms with van der Waals surface area (Å²) in [6.07, 6.45) is 6.12. The van der Waals surface area contributed by atoms with Crippen molar-refractivity contribution < 1.29 is 14.4 Å². The van der Waals surface area contributed by atoms with Crippen LogP contribution in [0.5, 0.6) is 0 Å². The normalized spacial score (nSPS) is 10.3. The maximum atomic E-state index is 12.3. The fourth-order valence-corrected chi connectivity index (χ4v) is 3.06. The first-order chi connectivity index (χ1) is 14.5. The molecule has 160 valence electrons. The fraction of sp³-hybridized carbons (Fsp3) is 0.391. The lowest BCUT2D eigenvalue weighted by Crippen LogP contribution is -2.32. The number of anilines is 2. The van der Waals surface area contributed by atoms with Gasteiger partial charge in [-0.25, -0.2) is 0 Å². The molecule has 7 nitrogen and oxygen atoms in total. The van der Waals surface area contributed by atoms with E-state index in [0.717, 1.165) is 25.9 Å². The van der Waals surface area contributed by atoms with Crippen molar-refractivity contribution in [2.45, 2.75) is 46.0 Å². The van der Waals surface area contributed by atoms with E-state index >= 15 is 0 Å². The zero-order chi connectivity index (χ0) is 21.8. The highest BCUT2D eigenvalue weighted by molar-refractivity contribution is 6.04. The number of carbonyl (C=O) groups is 3. The lowest BCUT2D eigenvalue weighted by Gasteiger charge is -2.21. The van der Waals surface area contributed by atoms with Crippen LogP contribution in [0.3, 0.4) is 0 Å². The third-order valence-corrected chi connectivity index (χ3v) is 4.48. The van der Waals surface area contributed by atoms with Gasteiger partial charge in [0.05, 0.1) is 0 Å². The van der Waals surface area contributed by atoms with Crippen LogP contribution in [-0.4, -0.2) is 40.7 Å². The minimum Gasteiger partial charge on any atom is -0.343 e. The molecule has 0 saturated heterocycles. The first-order valence-corrected chi connectivity index (χ1v) is 10.4. The van der Waals surface area contributed by atoms with Crippen molar-refractivity contribution in [2.75, 3.05) is 23.7 Å². The van der Waals surface area contributed by atoms with Gasteiger partial charge in [0.15, 0.2) is 0 Å². The maximum absolute atomic E-state index is 12.3. The summed E-state index contributed by atoms with van der Waals surface area (Å²) < 4.78 is 0. The predicted octanol–water partition coefficient (Wildman–Crippen LogP) is 4.09. The number of nitrogens with zero attached hydrogens (tertiary/aromatic N) is 2. The van der Waals surface area contributed by atoms with Crippen LogP contribution in [0.2, 0.25) is 0 Å². The van der Waals surface area contributed by atoms with Crippen LogP contribution < -0.4 is 10.6 Å². The van der Waals surface area contributed by atoms with Gasteiger partial charge in [-0.15, -0.1) is 0 Å². The smallest absolute Gasteiger partial charge is 0.255 e. The Morgan fingerprint density at radius 3 is 2.17 bits per heavy atom. The average molecular weight is 411 g/mol. The maximum Gasteiger partial charge on any atom is 0.255 e. The van der Waals surface area contributed by atoms with Gasteiger partial charge in [-0.3, -0.25) is 19.4 Å². The minimum absolute atomic E-state index is 0.104. The molecular formula is C23H30N4O3. The molecule has 7 heteroatoms. The Hall–Kier alpha value is -3.22. The second kappa shape index (κ2) is 12.4. The molecule has 1 aromatic heterocycles. The lowest BCUT2D eigenvalue weighted by atomic mass is 10.2. The van der Waals surface area contributed by atoms with Gasteiger partial charge in [-0.1, -0.05) is 19.9 Å². The highest BCUT2D eigenvalue weighted by Gasteiger charge is 2.12. The van der Waals surface area contributed by atoms with Gasteiger partial charge >= 0.3 is 0 Å². The summed E-state index contributed by atoms with van der Waals surface area (Å²) in [6, 6.07) is 10.2. The molecule has 0 saturated carbocycles. The summed E-state index contributed by atoms with van der Waals surface area (Å²) in [6.45, 7) is 5.63. The zero-order valence-corrected chi connectivity index (χ0v) is 17.7. The number of pyridine rings is 1. The summed E-state index contributed by atoms with van der Waals surface area (Å²) in [5.41, 5.74) is 1.68. The Morgan fingerprint density at radius 2 is 1.53 bits per heavy atom. The molecule has 3 amide bonds. The van der Waals surface area contributed by atoms with E-state index in [4.69, 9.17) is 0 Å². The molecule has 30 heavy (non-hydrogen) atoms. The summed E-state index contributed by atoms with van der Waals surface area (Å²) in [5.74, 6) is -0.298. The van der Waals surface area contributed by atoms with Crippen LogP contribution >= 0.6 is 0 Å². The summed E-state index contributed by atoms with van der Waals surface area (Å²) >= 11 is 0. The molecule has 0 fully saturated rings. The monoisotopic (exact) mass is 410 g/mol. The van der Waals surface area contributed by atoms with Gasteiger partial charge in [0.25, 0.3) is 5.91 Å². The van der Waals surface area contributed by atoms with E-state index in [9.17, 15) is 14.4 Å². The molecule has 0 aliphatic rings. The van der Waals surface area contributed by atoms with E-state index in [1.807, 2.05) is 4.90 Å². The van der Waals surface area contributed by atoms with Crippen molar-refractivity contribution in [1.82, 2.24) is 9.88 Å². The van der Waals surface area contributed by atoms with E-state index in [1.54, 1.807) is 48.8 Å². The molecule has 2 rings (SSSR count). The molecule has 0 radical (unpaired) electrons. The van der Waals surface area contributed by atoms with Crippen molar-refractivity contribution >= 4 is 29.1 Å². The van der Waals surface area contributed by atoms with Crippen LogP contribution in [-0.2, 0) is 9.59 Å². The highest BCUT2D eigenvalue weighted by Crippen LogP contribution is 2.17. The van der Waals surface area contributed by atoms with E-state index in [2.05, 4.69) is 29.5 Å².